The summed E-state index contributed by atoms with van der Waals surface area (Å²) in [6.07, 6.45) is 0.0991. The maximum Gasteiger partial charge on any atom is 0.407 e. The van der Waals surface area contributed by atoms with Gasteiger partial charge in [0.1, 0.15) is 11.8 Å². The molecule has 25 heavy (non-hydrogen) atoms. The van der Waals surface area contributed by atoms with Gasteiger partial charge < -0.3 is 14.4 Å². The molecule has 0 bridgehead atoms. The Labute approximate surface area is 144 Å². The number of likely N-dealkylation sites (tertiary alicyclic amines) is 1. The number of hydrogen-bond donors (Lipinski definition) is 1. The summed E-state index contributed by atoms with van der Waals surface area (Å²) in [5.41, 5.74) is 0.770. The third-order valence-electron chi connectivity index (χ3n) is 4.31. The highest BCUT2D eigenvalue weighted by atomic mass is 16.5. The van der Waals surface area contributed by atoms with Crippen molar-refractivity contribution >= 4 is 17.8 Å². The van der Waals surface area contributed by atoms with Crippen LogP contribution in [-0.4, -0.2) is 53.9 Å². The number of likely N-dealkylation sites (N-methyl/N-ethyl adjacent to an activating group) is 1. The minimum absolute atomic E-state index is 0.314. The van der Waals surface area contributed by atoms with Gasteiger partial charge in [-0.2, -0.15) is 0 Å². The van der Waals surface area contributed by atoms with Gasteiger partial charge in [-0.15, -0.1) is 0 Å². The van der Waals surface area contributed by atoms with Gasteiger partial charge in [0.15, 0.2) is 11.6 Å². The van der Waals surface area contributed by atoms with E-state index in [9.17, 15) is 14.7 Å². The molecule has 1 fully saturated rings. The Hall–Kier alpha value is -3.03. The number of methoxy groups -OCH3 is 1. The molecule has 1 saturated heterocycles. The molecule has 1 N–H and O–H groups in total. The number of hydrogen-bond acceptors (Lipinski definition) is 5. The fourth-order valence-corrected chi connectivity index (χ4v) is 2.93. The zero-order chi connectivity index (χ0) is 18.0. The van der Waals surface area contributed by atoms with E-state index in [-0.39, 0.29) is 5.91 Å². The lowest BCUT2D eigenvalue weighted by atomic mass is 10.1. The number of aromatic nitrogens is 1. The van der Waals surface area contributed by atoms with Gasteiger partial charge in [0.05, 0.1) is 7.11 Å². The van der Waals surface area contributed by atoms with E-state index in [1.807, 2.05) is 18.2 Å². The SMILES string of the molecule is COc1cccc(-c2cc(N(C)C(=O)[C@@H]3CCCN3C(=O)O)no2)c1. The first-order chi connectivity index (χ1) is 12.0. The van der Waals surface area contributed by atoms with Crippen LogP contribution in [0.5, 0.6) is 5.75 Å². The second-order valence-electron chi connectivity index (χ2n) is 5.81. The molecule has 1 atom stereocenters. The fraction of sp³-hybridized carbons (Fsp3) is 0.353. The standard InChI is InChI=1S/C17H19N3O5/c1-19(16(21)13-7-4-8-20(13)17(22)23)15-10-14(25-18-15)11-5-3-6-12(9-11)24-2/h3,5-6,9-10,13H,4,7-8H2,1-2H3,(H,22,23)/t13-/m0/s1. The number of carboxylic acid groups (broad SMARTS) is 1. The molecular weight excluding hydrogens is 326 g/mol. The zero-order valence-electron chi connectivity index (χ0n) is 14.0. The summed E-state index contributed by atoms with van der Waals surface area (Å²) in [4.78, 5) is 26.4. The van der Waals surface area contributed by atoms with Crippen molar-refractivity contribution in [1.29, 1.82) is 0 Å². The third-order valence-corrected chi connectivity index (χ3v) is 4.31. The van der Waals surface area contributed by atoms with Crippen molar-refractivity contribution < 1.29 is 24.0 Å². The van der Waals surface area contributed by atoms with E-state index < -0.39 is 12.1 Å². The first-order valence-corrected chi connectivity index (χ1v) is 7.89. The summed E-state index contributed by atoms with van der Waals surface area (Å²) < 4.78 is 10.5. The minimum atomic E-state index is -1.08. The first-order valence-electron chi connectivity index (χ1n) is 7.89. The Morgan fingerprint density at radius 1 is 1.40 bits per heavy atom. The summed E-state index contributed by atoms with van der Waals surface area (Å²) in [6.45, 7) is 0.369. The van der Waals surface area contributed by atoms with Gasteiger partial charge in [-0.25, -0.2) is 4.79 Å². The quantitative estimate of drug-likeness (QED) is 0.914. The van der Waals surface area contributed by atoms with Crippen molar-refractivity contribution in [2.45, 2.75) is 18.9 Å². The van der Waals surface area contributed by atoms with Gasteiger partial charge in [0, 0.05) is 25.2 Å². The van der Waals surface area contributed by atoms with Crippen LogP contribution in [0.2, 0.25) is 0 Å². The second-order valence-corrected chi connectivity index (χ2v) is 5.81. The van der Waals surface area contributed by atoms with E-state index in [2.05, 4.69) is 5.16 Å². The molecule has 1 aliphatic heterocycles. The molecule has 0 aliphatic carbocycles. The van der Waals surface area contributed by atoms with Crippen molar-refractivity contribution in [2.75, 3.05) is 25.6 Å². The van der Waals surface area contributed by atoms with Crippen molar-refractivity contribution in [1.82, 2.24) is 10.1 Å². The number of nitrogens with zero attached hydrogens (tertiary/aromatic N) is 3. The zero-order valence-corrected chi connectivity index (χ0v) is 14.0. The molecule has 1 aromatic carbocycles. The normalized spacial score (nSPS) is 16.7. The number of carbonyl (C=O) groups excluding carboxylic acids is 1. The van der Waals surface area contributed by atoms with Crippen LogP contribution in [0.3, 0.4) is 0 Å². The number of benzene rings is 1. The largest absolute Gasteiger partial charge is 0.497 e. The summed E-state index contributed by atoms with van der Waals surface area (Å²) in [5, 5.41) is 13.1. The molecule has 3 rings (SSSR count). The highest BCUT2D eigenvalue weighted by molar-refractivity contribution is 5.98. The lowest BCUT2D eigenvalue weighted by molar-refractivity contribution is -0.122. The lowest BCUT2D eigenvalue weighted by Crippen LogP contribution is -2.46. The molecule has 0 radical (unpaired) electrons. The van der Waals surface area contributed by atoms with Crippen molar-refractivity contribution in [2.24, 2.45) is 0 Å². The summed E-state index contributed by atoms with van der Waals surface area (Å²) in [5.74, 6) is 1.20. The monoisotopic (exact) mass is 345 g/mol. The van der Waals surface area contributed by atoms with E-state index in [0.717, 1.165) is 5.56 Å². The van der Waals surface area contributed by atoms with Crippen molar-refractivity contribution in [3.63, 3.8) is 0 Å². The van der Waals surface area contributed by atoms with Gasteiger partial charge in [0.2, 0.25) is 0 Å². The van der Waals surface area contributed by atoms with E-state index >= 15 is 0 Å². The predicted molar refractivity (Wildman–Crippen MR) is 89.7 cm³/mol. The average molecular weight is 345 g/mol. The van der Waals surface area contributed by atoms with Gasteiger partial charge in [-0.1, -0.05) is 17.3 Å². The molecule has 0 spiro atoms. The molecular formula is C17H19N3O5. The highest BCUT2D eigenvalue weighted by Gasteiger charge is 2.36. The van der Waals surface area contributed by atoms with Crippen LogP contribution in [0.25, 0.3) is 11.3 Å². The predicted octanol–water partition coefficient (Wildman–Crippen LogP) is 2.46. The average Bonchev–Trinajstić information content (AvgIpc) is 3.30. The molecule has 8 heteroatoms. The van der Waals surface area contributed by atoms with Crippen molar-refractivity contribution in [3.8, 4) is 17.1 Å². The molecule has 2 amide bonds. The Morgan fingerprint density at radius 2 is 2.20 bits per heavy atom. The Kier molecular flexibility index (Phi) is 4.60. The van der Waals surface area contributed by atoms with Gasteiger partial charge in [-0.05, 0) is 25.0 Å². The number of carbonyl (C=O) groups is 2. The third kappa shape index (κ3) is 3.28. The number of ether oxygens (including phenoxy) is 1. The first kappa shape index (κ1) is 16.8. The van der Waals surface area contributed by atoms with Gasteiger partial charge >= 0.3 is 6.09 Å². The maximum atomic E-state index is 12.6. The Bertz CT molecular complexity index is 788. The van der Waals surface area contributed by atoms with Crippen LogP contribution in [0, 0.1) is 0 Å². The van der Waals surface area contributed by atoms with Gasteiger partial charge in [0.25, 0.3) is 5.91 Å². The smallest absolute Gasteiger partial charge is 0.407 e. The van der Waals surface area contributed by atoms with Crippen LogP contribution in [0.1, 0.15) is 12.8 Å². The van der Waals surface area contributed by atoms with Crippen LogP contribution in [0.15, 0.2) is 34.9 Å². The van der Waals surface area contributed by atoms with E-state index in [1.165, 1.54) is 9.80 Å². The molecule has 2 aromatic rings. The Morgan fingerprint density at radius 3 is 2.92 bits per heavy atom. The van der Waals surface area contributed by atoms with Crippen LogP contribution >= 0.6 is 0 Å². The fourth-order valence-electron chi connectivity index (χ4n) is 2.93. The van der Waals surface area contributed by atoms with E-state index in [0.29, 0.717) is 36.7 Å². The summed E-state index contributed by atoms with van der Waals surface area (Å²) in [7, 11) is 3.14. The second kappa shape index (κ2) is 6.84. The van der Waals surface area contributed by atoms with Crippen LogP contribution in [-0.2, 0) is 4.79 Å². The van der Waals surface area contributed by atoms with Crippen molar-refractivity contribution in [3.05, 3.63) is 30.3 Å². The molecule has 1 aliphatic rings. The number of rotatable bonds is 4. The topological polar surface area (TPSA) is 96.1 Å². The van der Waals surface area contributed by atoms with Crippen LogP contribution in [0.4, 0.5) is 10.6 Å². The Balaban J connectivity index is 1.79. The molecule has 0 unspecified atom stereocenters. The number of amides is 2. The molecule has 0 saturated carbocycles. The molecule has 8 nitrogen and oxygen atoms in total. The van der Waals surface area contributed by atoms with E-state index in [4.69, 9.17) is 9.26 Å². The minimum Gasteiger partial charge on any atom is -0.497 e. The number of anilines is 1. The summed E-state index contributed by atoms with van der Waals surface area (Å²) in [6, 6.07) is 8.25. The van der Waals surface area contributed by atoms with Crippen LogP contribution < -0.4 is 9.64 Å². The highest BCUT2D eigenvalue weighted by Crippen LogP contribution is 2.28. The van der Waals surface area contributed by atoms with E-state index in [1.54, 1.807) is 26.3 Å². The summed E-state index contributed by atoms with van der Waals surface area (Å²) >= 11 is 0. The molecule has 1 aromatic heterocycles. The molecule has 2 heterocycles. The lowest BCUT2D eigenvalue weighted by Gasteiger charge is -2.24. The van der Waals surface area contributed by atoms with Gasteiger partial charge in [-0.3, -0.25) is 14.6 Å². The maximum absolute atomic E-state index is 12.6. The molecule has 132 valence electrons.